The molecule has 0 spiro atoms. The zero-order valence-corrected chi connectivity index (χ0v) is 19.1. The minimum Gasteiger partial charge on any atom is -0.496 e. The van der Waals surface area contributed by atoms with Crippen molar-refractivity contribution in [3.8, 4) is 5.75 Å². The van der Waals surface area contributed by atoms with Crippen molar-refractivity contribution < 1.29 is 22.7 Å². The van der Waals surface area contributed by atoms with Crippen LogP contribution >= 0.6 is 0 Å². The lowest BCUT2D eigenvalue weighted by Gasteiger charge is -2.28. The summed E-state index contributed by atoms with van der Waals surface area (Å²) in [5, 5.41) is 0. The fraction of sp³-hybridized carbons (Fsp3) is 0.435. The number of hydrogen-bond acceptors (Lipinski definition) is 6. The van der Waals surface area contributed by atoms with Gasteiger partial charge in [0.15, 0.2) is 0 Å². The van der Waals surface area contributed by atoms with Gasteiger partial charge in [0.1, 0.15) is 5.75 Å². The fourth-order valence-corrected chi connectivity index (χ4v) is 5.15. The maximum atomic E-state index is 13.0. The van der Waals surface area contributed by atoms with E-state index in [-0.39, 0.29) is 16.4 Å². The number of anilines is 2. The molecule has 4 rings (SSSR count). The topological polar surface area (TPSA) is 88.2 Å². The van der Waals surface area contributed by atoms with Gasteiger partial charge < -0.3 is 19.3 Å². The molecule has 2 aliphatic rings. The normalized spacial score (nSPS) is 17.2. The quantitative estimate of drug-likeness (QED) is 0.715. The summed E-state index contributed by atoms with van der Waals surface area (Å²) in [5.41, 5.74) is 1.79. The van der Waals surface area contributed by atoms with E-state index in [1.54, 1.807) is 17.0 Å². The van der Waals surface area contributed by atoms with E-state index < -0.39 is 10.0 Å². The van der Waals surface area contributed by atoms with Gasteiger partial charge in [-0.15, -0.1) is 0 Å². The van der Waals surface area contributed by atoms with Gasteiger partial charge in [0.25, 0.3) is 15.9 Å². The molecule has 0 atom stereocenters. The average molecular weight is 460 g/mol. The van der Waals surface area contributed by atoms with Gasteiger partial charge in [0.05, 0.1) is 30.8 Å². The van der Waals surface area contributed by atoms with Crippen molar-refractivity contribution in [3.63, 3.8) is 0 Å². The summed E-state index contributed by atoms with van der Waals surface area (Å²) >= 11 is 0. The predicted octanol–water partition coefficient (Wildman–Crippen LogP) is 2.96. The summed E-state index contributed by atoms with van der Waals surface area (Å²) < 4.78 is 39.3. The van der Waals surface area contributed by atoms with Crippen LogP contribution in [0.25, 0.3) is 0 Å². The van der Waals surface area contributed by atoms with E-state index in [0.717, 1.165) is 18.8 Å². The van der Waals surface area contributed by atoms with Crippen molar-refractivity contribution in [2.75, 3.05) is 56.1 Å². The van der Waals surface area contributed by atoms with E-state index >= 15 is 0 Å². The molecule has 0 radical (unpaired) electrons. The lowest BCUT2D eigenvalue weighted by molar-refractivity contribution is 0.0300. The van der Waals surface area contributed by atoms with Crippen LogP contribution in [-0.2, 0) is 14.8 Å². The molecule has 0 saturated carbocycles. The highest BCUT2D eigenvalue weighted by Gasteiger charge is 2.25. The van der Waals surface area contributed by atoms with Crippen LogP contribution in [0.2, 0.25) is 0 Å². The van der Waals surface area contributed by atoms with Gasteiger partial charge in [-0.1, -0.05) is 0 Å². The van der Waals surface area contributed by atoms with E-state index in [1.807, 2.05) is 12.1 Å². The zero-order valence-electron chi connectivity index (χ0n) is 18.2. The summed E-state index contributed by atoms with van der Waals surface area (Å²) in [6.07, 6.45) is 3.61. The highest BCUT2D eigenvalue weighted by atomic mass is 32.2. The number of nitrogens with one attached hydrogen (secondary N) is 1. The zero-order chi connectivity index (χ0) is 22.6. The molecule has 2 aromatic carbocycles. The number of carbonyl (C=O) groups excluding carboxylic acids is 1. The minimum atomic E-state index is -3.88. The van der Waals surface area contributed by atoms with E-state index in [4.69, 9.17) is 9.47 Å². The standard InChI is InChI=1S/C23H29N3O5S/c1-30-22-10-9-20(17-21(22)23(27)26-13-15-31-16-14-26)32(28,29)24-18-5-7-19(8-6-18)25-11-3-2-4-12-25/h5-10,17,24H,2-4,11-16H2,1H3. The Morgan fingerprint density at radius 2 is 1.66 bits per heavy atom. The van der Waals surface area contributed by atoms with E-state index in [1.165, 1.54) is 44.6 Å². The van der Waals surface area contributed by atoms with Crippen LogP contribution in [0.4, 0.5) is 11.4 Å². The minimum absolute atomic E-state index is 0.00927. The number of amides is 1. The van der Waals surface area contributed by atoms with E-state index in [0.29, 0.717) is 37.7 Å². The molecular weight excluding hydrogens is 430 g/mol. The molecule has 0 aromatic heterocycles. The number of sulfonamides is 1. The Kier molecular flexibility index (Phi) is 6.86. The van der Waals surface area contributed by atoms with Crippen LogP contribution in [-0.4, -0.2) is 65.7 Å². The Hall–Kier alpha value is -2.78. The van der Waals surface area contributed by atoms with Crippen LogP contribution in [0.1, 0.15) is 29.6 Å². The second kappa shape index (κ2) is 9.79. The molecule has 0 bridgehead atoms. The SMILES string of the molecule is COc1ccc(S(=O)(=O)Nc2ccc(N3CCCCC3)cc2)cc1C(=O)N1CCOCC1. The van der Waals surface area contributed by atoms with Crippen molar-refractivity contribution in [1.82, 2.24) is 4.90 Å². The number of hydrogen-bond donors (Lipinski definition) is 1. The summed E-state index contributed by atoms with van der Waals surface area (Å²) in [4.78, 5) is 16.9. The second-order valence-corrected chi connectivity index (χ2v) is 9.65. The van der Waals surface area contributed by atoms with Gasteiger partial charge >= 0.3 is 0 Å². The molecule has 1 amide bonds. The first-order valence-corrected chi connectivity index (χ1v) is 12.4. The number of rotatable bonds is 6. The average Bonchev–Trinajstić information content (AvgIpc) is 2.84. The monoisotopic (exact) mass is 459 g/mol. The maximum absolute atomic E-state index is 13.0. The number of morpholine rings is 1. The molecule has 0 aliphatic carbocycles. The Morgan fingerprint density at radius 1 is 0.969 bits per heavy atom. The molecule has 9 heteroatoms. The molecule has 2 heterocycles. The molecular formula is C23H29N3O5S. The smallest absolute Gasteiger partial charge is 0.261 e. The second-order valence-electron chi connectivity index (χ2n) is 7.97. The van der Waals surface area contributed by atoms with Gasteiger partial charge in [-0.3, -0.25) is 9.52 Å². The van der Waals surface area contributed by atoms with E-state index in [2.05, 4.69) is 9.62 Å². The lowest BCUT2D eigenvalue weighted by Crippen LogP contribution is -2.40. The Balaban J connectivity index is 1.53. The maximum Gasteiger partial charge on any atom is 0.261 e. The van der Waals surface area contributed by atoms with Crippen LogP contribution in [0.5, 0.6) is 5.75 Å². The van der Waals surface area contributed by atoms with Gasteiger partial charge in [-0.25, -0.2) is 8.42 Å². The number of carbonyl (C=O) groups is 1. The third kappa shape index (κ3) is 4.99. The first kappa shape index (κ1) is 22.4. The van der Waals surface area contributed by atoms with Gasteiger partial charge in [-0.05, 0) is 61.7 Å². The largest absolute Gasteiger partial charge is 0.496 e. The molecule has 0 unspecified atom stereocenters. The van der Waals surface area contributed by atoms with Crippen LogP contribution < -0.4 is 14.4 Å². The molecule has 2 fully saturated rings. The summed E-state index contributed by atoms with van der Waals surface area (Å²) in [6.45, 7) is 3.89. The van der Waals surface area contributed by atoms with Gasteiger partial charge in [0, 0.05) is 37.6 Å². The molecule has 2 aliphatic heterocycles. The van der Waals surface area contributed by atoms with Crippen molar-refractivity contribution in [3.05, 3.63) is 48.0 Å². The van der Waals surface area contributed by atoms with Gasteiger partial charge in [0.2, 0.25) is 0 Å². The number of ether oxygens (including phenoxy) is 2. The first-order chi connectivity index (χ1) is 15.5. The lowest BCUT2D eigenvalue weighted by atomic mass is 10.1. The van der Waals surface area contributed by atoms with Gasteiger partial charge in [-0.2, -0.15) is 0 Å². The molecule has 2 aromatic rings. The van der Waals surface area contributed by atoms with Crippen molar-refractivity contribution in [2.24, 2.45) is 0 Å². The third-order valence-corrected chi connectivity index (χ3v) is 7.23. The Labute approximate surface area is 189 Å². The number of methoxy groups -OCH3 is 1. The molecule has 2 saturated heterocycles. The molecule has 172 valence electrons. The molecule has 32 heavy (non-hydrogen) atoms. The molecule has 8 nitrogen and oxygen atoms in total. The number of piperidine rings is 1. The van der Waals surface area contributed by atoms with Crippen LogP contribution in [0, 0.1) is 0 Å². The Morgan fingerprint density at radius 3 is 2.31 bits per heavy atom. The summed E-state index contributed by atoms with van der Waals surface area (Å²) in [7, 11) is -2.42. The van der Waals surface area contributed by atoms with E-state index in [9.17, 15) is 13.2 Å². The number of benzene rings is 2. The van der Waals surface area contributed by atoms with Crippen LogP contribution in [0.3, 0.4) is 0 Å². The summed E-state index contributed by atoms with van der Waals surface area (Å²) in [6, 6.07) is 11.7. The third-order valence-electron chi connectivity index (χ3n) is 5.85. The molecule has 1 N–H and O–H groups in total. The Bertz CT molecular complexity index is 1040. The predicted molar refractivity (Wildman–Crippen MR) is 123 cm³/mol. The highest BCUT2D eigenvalue weighted by Crippen LogP contribution is 2.27. The highest BCUT2D eigenvalue weighted by molar-refractivity contribution is 7.92. The first-order valence-electron chi connectivity index (χ1n) is 10.9. The summed E-state index contributed by atoms with van der Waals surface area (Å²) in [5.74, 6) is 0.0689. The van der Waals surface area contributed by atoms with Crippen molar-refractivity contribution >= 4 is 27.3 Å². The van der Waals surface area contributed by atoms with Crippen LogP contribution in [0.15, 0.2) is 47.4 Å². The number of nitrogens with zero attached hydrogens (tertiary/aromatic N) is 2. The van der Waals surface area contributed by atoms with Crippen molar-refractivity contribution in [1.29, 1.82) is 0 Å². The van der Waals surface area contributed by atoms with Crippen molar-refractivity contribution in [2.45, 2.75) is 24.2 Å². The fourth-order valence-electron chi connectivity index (χ4n) is 4.06.